The molecule has 1 aliphatic heterocycles. The molecule has 0 N–H and O–H groups in total. The third kappa shape index (κ3) is 2.59. The highest BCUT2D eigenvalue weighted by Crippen LogP contribution is 2.18. The summed E-state index contributed by atoms with van der Waals surface area (Å²) < 4.78 is 0. The monoisotopic (exact) mass is 223 g/mol. The van der Waals surface area contributed by atoms with Crippen molar-refractivity contribution in [3.05, 3.63) is 21.9 Å². The Bertz CT molecular complexity index is 337. The van der Waals surface area contributed by atoms with E-state index in [0.29, 0.717) is 0 Å². The summed E-state index contributed by atoms with van der Waals surface area (Å²) in [5.41, 5.74) is 1.19. The van der Waals surface area contributed by atoms with Crippen molar-refractivity contribution in [3.63, 3.8) is 0 Å². The Morgan fingerprint density at radius 3 is 2.47 bits per heavy atom. The smallest absolute Gasteiger partial charge is 0.263 e. The predicted octanol–water partition coefficient (Wildman–Crippen LogP) is 3.07. The summed E-state index contributed by atoms with van der Waals surface area (Å²) in [6, 6.07) is 2.00. The highest BCUT2D eigenvalue weighted by atomic mass is 32.1. The van der Waals surface area contributed by atoms with Crippen molar-refractivity contribution in [1.82, 2.24) is 4.90 Å². The molecule has 0 aliphatic carbocycles. The van der Waals surface area contributed by atoms with Crippen LogP contribution in [0.3, 0.4) is 0 Å². The number of rotatable bonds is 1. The van der Waals surface area contributed by atoms with Gasteiger partial charge in [0.05, 0.1) is 4.88 Å². The summed E-state index contributed by atoms with van der Waals surface area (Å²) >= 11 is 1.57. The lowest BCUT2D eigenvalue weighted by molar-refractivity contribution is 0.0766. The molecular formula is C12H17NOS. The third-order valence-electron chi connectivity index (χ3n) is 2.83. The predicted molar refractivity (Wildman–Crippen MR) is 63.4 cm³/mol. The van der Waals surface area contributed by atoms with Gasteiger partial charge in [-0.1, -0.05) is 12.8 Å². The van der Waals surface area contributed by atoms with Crippen LogP contribution in [0.4, 0.5) is 0 Å². The summed E-state index contributed by atoms with van der Waals surface area (Å²) in [6.45, 7) is 3.92. The highest BCUT2D eigenvalue weighted by molar-refractivity contribution is 7.12. The third-order valence-corrected chi connectivity index (χ3v) is 3.87. The van der Waals surface area contributed by atoms with Crippen LogP contribution < -0.4 is 0 Å². The van der Waals surface area contributed by atoms with Crippen LogP contribution in [0.25, 0.3) is 0 Å². The molecule has 2 heterocycles. The molecule has 1 aromatic rings. The van der Waals surface area contributed by atoms with Gasteiger partial charge in [0.2, 0.25) is 0 Å². The Morgan fingerprint density at radius 2 is 1.93 bits per heavy atom. The largest absolute Gasteiger partial charge is 0.338 e. The zero-order valence-corrected chi connectivity index (χ0v) is 9.98. The Hall–Kier alpha value is -0.830. The van der Waals surface area contributed by atoms with E-state index in [-0.39, 0.29) is 5.91 Å². The van der Waals surface area contributed by atoms with Gasteiger partial charge in [0.1, 0.15) is 0 Å². The maximum Gasteiger partial charge on any atom is 0.263 e. The fraction of sp³-hybridized carbons (Fsp3) is 0.583. The Morgan fingerprint density at radius 1 is 1.27 bits per heavy atom. The molecule has 0 aromatic carbocycles. The molecule has 82 valence electrons. The summed E-state index contributed by atoms with van der Waals surface area (Å²) in [7, 11) is 0. The number of hydrogen-bond acceptors (Lipinski definition) is 2. The molecule has 1 amide bonds. The lowest BCUT2D eigenvalue weighted by Crippen LogP contribution is -2.31. The molecule has 0 unspecified atom stereocenters. The van der Waals surface area contributed by atoms with Gasteiger partial charge in [-0.3, -0.25) is 4.79 Å². The van der Waals surface area contributed by atoms with Crippen LogP contribution >= 0.6 is 11.3 Å². The number of amides is 1. The standard InChI is InChI=1S/C12H17NOS/c1-10-8-11(15-9-10)12(14)13-6-4-2-3-5-7-13/h8-9H,2-7H2,1H3. The van der Waals surface area contributed by atoms with Crippen molar-refractivity contribution in [2.45, 2.75) is 32.6 Å². The fourth-order valence-corrected chi connectivity index (χ4v) is 2.84. The number of likely N-dealkylation sites (tertiary alicyclic amines) is 1. The molecule has 1 aliphatic rings. The van der Waals surface area contributed by atoms with Gasteiger partial charge >= 0.3 is 0 Å². The summed E-state index contributed by atoms with van der Waals surface area (Å²) in [4.78, 5) is 15.0. The Kier molecular flexibility index (Phi) is 3.41. The molecular weight excluding hydrogens is 206 g/mol. The van der Waals surface area contributed by atoms with E-state index in [0.717, 1.165) is 30.8 Å². The number of nitrogens with zero attached hydrogens (tertiary/aromatic N) is 1. The van der Waals surface area contributed by atoms with Crippen molar-refractivity contribution >= 4 is 17.2 Å². The zero-order chi connectivity index (χ0) is 10.7. The average Bonchev–Trinajstić information content (AvgIpc) is 2.53. The number of hydrogen-bond donors (Lipinski definition) is 0. The van der Waals surface area contributed by atoms with Gasteiger partial charge < -0.3 is 4.90 Å². The van der Waals surface area contributed by atoms with E-state index in [4.69, 9.17) is 0 Å². The second-order valence-corrected chi connectivity index (χ2v) is 5.11. The SMILES string of the molecule is Cc1csc(C(=O)N2CCCCCC2)c1. The van der Waals surface area contributed by atoms with E-state index in [1.54, 1.807) is 11.3 Å². The van der Waals surface area contributed by atoms with Crippen LogP contribution in [0.2, 0.25) is 0 Å². The Labute approximate surface area is 94.9 Å². The quantitative estimate of drug-likeness (QED) is 0.716. The van der Waals surface area contributed by atoms with Gasteiger partial charge in [-0.2, -0.15) is 0 Å². The molecule has 0 saturated carbocycles. The number of thiophene rings is 1. The molecule has 1 saturated heterocycles. The second-order valence-electron chi connectivity index (χ2n) is 4.19. The maximum atomic E-state index is 12.1. The van der Waals surface area contributed by atoms with E-state index in [1.807, 2.05) is 23.3 Å². The van der Waals surface area contributed by atoms with Crippen molar-refractivity contribution in [2.24, 2.45) is 0 Å². The first kappa shape index (κ1) is 10.7. The minimum Gasteiger partial charge on any atom is -0.338 e. The summed E-state index contributed by atoms with van der Waals surface area (Å²) in [5, 5.41) is 2.05. The van der Waals surface area contributed by atoms with Crippen molar-refractivity contribution in [1.29, 1.82) is 0 Å². The second kappa shape index (κ2) is 4.79. The minimum atomic E-state index is 0.231. The van der Waals surface area contributed by atoms with Crippen LogP contribution in [-0.2, 0) is 0 Å². The van der Waals surface area contributed by atoms with E-state index < -0.39 is 0 Å². The number of carbonyl (C=O) groups is 1. The molecule has 3 heteroatoms. The van der Waals surface area contributed by atoms with Crippen LogP contribution in [0.15, 0.2) is 11.4 Å². The van der Waals surface area contributed by atoms with E-state index >= 15 is 0 Å². The molecule has 0 atom stereocenters. The molecule has 2 nitrogen and oxygen atoms in total. The maximum absolute atomic E-state index is 12.1. The highest BCUT2D eigenvalue weighted by Gasteiger charge is 2.18. The summed E-state index contributed by atoms with van der Waals surface area (Å²) in [5.74, 6) is 0.231. The van der Waals surface area contributed by atoms with Gasteiger partial charge in [0.25, 0.3) is 5.91 Å². The fourth-order valence-electron chi connectivity index (χ4n) is 1.97. The molecule has 1 aromatic heterocycles. The lowest BCUT2D eigenvalue weighted by atomic mass is 10.2. The molecule has 0 radical (unpaired) electrons. The molecule has 1 fully saturated rings. The number of carbonyl (C=O) groups excluding carboxylic acids is 1. The van der Waals surface area contributed by atoms with E-state index in [2.05, 4.69) is 0 Å². The first-order chi connectivity index (χ1) is 7.27. The van der Waals surface area contributed by atoms with Crippen molar-refractivity contribution < 1.29 is 4.79 Å². The summed E-state index contributed by atoms with van der Waals surface area (Å²) in [6.07, 6.45) is 4.87. The van der Waals surface area contributed by atoms with E-state index in [1.165, 1.54) is 18.4 Å². The van der Waals surface area contributed by atoms with Gasteiger partial charge in [0.15, 0.2) is 0 Å². The molecule has 2 rings (SSSR count). The van der Waals surface area contributed by atoms with Crippen molar-refractivity contribution in [2.75, 3.05) is 13.1 Å². The Balaban J connectivity index is 2.06. The van der Waals surface area contributed by atoms with Crippen molar-refractivity contribution in [3.8, 4) is 0 Å². The van der Waals surface area contributed by atoms with Gasteiger partial charge in [-0.05, 0) is 36.8 Å². The van der Waals surface area contributed by atoms with Gasteiger partial charge in [0, 0.05) is 13.1 Å². The average molecular weight is 223 g/mol. The van der Waals surface area contributed by atoms with Gasteiger partial charge in [-0.25, -0.2) is 0 Å². The van der Waals surface area contributed by atoms with E-state index in [9.17, 15) is 4.79 Å². The first-order valence-electron chi connectivity index (χ1n) is 5.62. The molecule has 0 bridgehead atoms. The normalized spacial score (nSPS) is 17.5. The van der Waals surface area contributed by atoms with Crippen LogP contribution in [0, 0.1) is 6.92 Å². The van der Waals surface area contributed by atoms with Crippen LogP contribution in [-0.4, -0.2) is 23.9 Å². The zero-order valence-electron chi connectivity index (χ0n) is 9.16. The number of aryl methyl sites for hydroxylation is 1. The minimum absolute atomic E-state index is 0.231. The lowest BCUT2D eigenvalue weighted by Gasteiger charge is -2.19. The first-order valence-corrected chi connectivity index (χ1v) is 6.50. The molecule has 15 heavy (non-hydrogen) atoms. The topological polar surface area (TPSA) is 20.3 Å². The molecule has 0 spiro atoms. The van der Waals surface area contributed by atoms with Crippen LogP contribution in [0.5, 0.6) is 0 Å². The van der Waals surface area contributed by atoms with Crippen LogP contribution in [0.1, 0.15) is 40.9 Å². The van der Waals surface area contributed by atoms with Gasteiger partial charge in [-0.15, -0.1) is 11.3 Å².